The fourth-order valence-electron chi connectivity index (χ4n) is 2.56. The standard InChI is InChI=1S/C20H20N4O3/c1-2-27-20-16(9-6-10-22-20)19(26)21-11-12-24-14-23-17(13-18(24)25)15-7-4-3-5-8-15/h3-10,13-14H,2,11-12H2,1H3,(H,21,26). The van der Waals surface area contributed by atoms with Gasteiger partial charge in [-0.3, -0.25) is 14.2 Å². The van der Waals surface area contributed by atoms with Gasteiger partial charge in [0, 0.05) is 30.9 Å². The number of rotatable bonds is 7. The highest BCUT2D eigenvalue weighted by atomic mass is 16.5. The molecule has 27 heavy (non-hydrogen) atoms. The number of amides is 1. The molecule has 3 aromatic rings. The molecular formula is C20H20N4O3. The van der Waals surface area contributed by atoms with Gasteiger partial charge in [0.1, 0.15) is 5.56 Å². The second-order valence-electron chi connectivity index (χ2n) is 5.72. The third kappa shape index (κ3) is 4.58. The van der Waals surface area contributed by atoms with Crippen LogP contribution in [0.5, 0.6) is 5.88 Å². The molecule has 0 fully saturated rings. The number of nitrogens with zero attached hydrogens (tertiary/aromatic N) is 3. The quantitative estimate of drug-likeness (QED) is 0.694. The maximum absolute atomic E-state index is 12.3. The van der Waals surface area contributed by atoms with Crippen LogP contribution in [0.3, 0.4) is 0 Å². The van der Waals surface area contributed by atoms with Gasteiger partial charge >= 0.3 is 0 Å². The highest BCUT2D eigenvalue weighted by Crippen LogP contribution is 2.14. The number of carbonyl (C=O) groups excluding carboxylic acids is 1. The van der Waals surface area contributed by atoms with Crippen molar-refractivity contribution in [2.75, 3.05) is 13.2 Å². The van der Waals surface area contributed by atoms with Crippen LogP contribution in [-0.2, 0) is 6.54 Å². The van der Waals surface area contributed by atoms with Crippen molar-refractivity contribution in [3.05, 3.63) is 77.0 Å². The Labute approximate surface area is 156 Å². The Morgan fingerprint density at radius 1 is 1.15 bits per heavy atom. The monoisotopic (exact) mass is 364 g/mol. The fraction of sp³-hybridized carbons (Fsp3) is 0.200. The Hall–Kier alpha value is -3.48. The van der Waals surface area contributed by atoms with Crippen molar-refractivity contribution in [3.8, 4) is 17.1 Å². The zero-order valence-corrected chi connectivity index (χ0v) is 15.0. The summed E-state index contributed by atoms with van der Waals surface area (Å²) in [6, 6.07) is 14.3. The van der Waals surface area contributed by atoms with E-state index in [1.165, 1.54) is 17.0 Å². The second kappa shape index (κ2) is 8.75. The summed E-state index contributed by atoms with van der Waals surface area (Å²) >= 11 is 0. The Morgan fingerprint density at radius 3 is 2.70 bits per heavy atom. The molecule has 0 radical (unpaired) electrons. The largest absolute Gasteiger partial charge is 0.477 e. The molecule has 0 unspecified atom stereocenters. The highest BCUT2D eigenvalue weighted by molar-refractivity contribution is 5.96. The molecule has 3 rings (SSSR count). The highest BCUT2D eigenvalue weighted by Gasteiger charge is 2.12. The summed E-state index contributed by atoms with van der Waals surface area (Å²) in [6.45, 7) is 2.85. The van der Waals surface area contributed by atoms with Gasteiger partial charge in [-0.25, -0.2) is 9.97 Å². The van der Waals surface area contributed by atoms with Crippen LogP contribution in [0, 0.1) is 0 Å². The third-order valence-corrected chi connectivity index (χ3v) is 3.88. The summed E-state index contributed by atoms with van der Waals surface area (Å²) < 4.78 is 6.82. The summed E-state index contributed by atoms with van der Waals surface area (Å²) in [5.41, 5.74) is 1.70. The third-order valence-electron chi connectivity index (χ3n) is 3.88. The average molecular weight is 364 g/mol. The molecule has 0 aliphatic rings. The number of pyridine rings is 1. The molecule has 2 aromatic heterocycles. The second-order valence-corrected chi connectivity index (χ2v) is 5.72. The Balaban J connectivity index is 1.62. The molecule has 2 heterocycles. The van der Waals surface area contributed by atoms with E-state index in [1.54, 1.807) is 18.3 Å². The topological polar surface area (TPSA) is 86.1 Å². The summed E-state index contributed by atoms with van der Waals surface area (Å²) in [5, 5.41) is 2.77. The van der Waals surface area contributed by atoms with Gasteiger partial charge in [0.15, 0.2) is 0 Å². The average Bonchev–Trinajstić information content (AvgIpc) is 2.70. The van der Waals surface area contributed by atoms with Crippen molar-refractivity contribution in [1.29, 1.82) is 0 Å². The lowest BCUT2D eigenvalue weighted by Gasteiger charge is -2.10. The van der Waals surface area contributed by atoms with E-state index in [0.717, 1.165) is 5.56 Å². The SMILES string of the molecule is CCOc1ncccc1C(=O)NCCn1cnc(-c2ccccc2)cc1=O. The van der Waals surface area contributed by atoms with Crippen LogP contribution in [0.2, 0.25) is 0 Å². The molecule has 0 aliphatic heterocycles. The molecule has 1 amide bonds. The van der Waals surface area contributed by atoms with Gasteiger partial charge in [-0.05, 0) is 19.1 Å². The van der Waals surface area contributed by atoms with Crippen molar-refractivity contribution in [2.45, 2.75) is 13.5 Å². The van der Waals surface area contributed by atoms with E-state index >= 15 is 0 Å². The number of carbonyl (C=O) groups is 1. The van der Waals surface area contributed by atoms with E-state index in [9.17, 15) is 9.59 Å². The van der Waals surface area contributed by atoms with E-state index in [1.807, 2.05) is 37.3 Å². The minimum atomic E-state index is -0.298. The van der Waals surface area contributed by atoms with Gasteiger partial charge in [0.25, 0.3) is 11.5 Å². The molecule has 1 aromatic carbocycles. The molecular weight excluding hydrogens is 344 g/mol. The summed E-state index contributed by atoms with van der Waals surface area (Å²) in [4.78, 5) is 33.0. The van der Waals surface area contributed by atoms with Gasteiger partial charge in [0.2, 0.25) is 5.88 Å². The number of benzene rings is 1. The number of aromatic nitrogens is 3. The van der Waals surface area contributed by atoms with Gasteiger partial charge in [0.05, 0.1) is 18.6 Å². The lowest BCUT2D eigenvalue weighted by molar-refractivity contribution is 0.0947. The molecule has 138 valence electrons. The van der Waals surface area contributed by atoms with Crippen molar-refractivity contribution < 1.29 is 9.53 Å². The zero-order chi connectivity index (χ0) is 19.1. The predicted octanol–water partition coefficient (Wildman–Crippen LogP) is 2.13. The molecule has 0 aliphatic carbocycles. The van der Waals surface area contributed by atoms with Crippen molar-refractivity contribution >= 4 is 5.91 Å². The van der Waals surface area contributed by atoms with E-state index in [4.69, 9.17) is 4.74 Å². The zero-order valence-electron chi connectivity index (χ0n) is 15.0. The van der Waals surface area contributed by atoms with Gasteiger partial charge < -0.3 is 10.1 Å². The van der Waals surface area contributed by atoms with Crippen LogP contribution in [0.4, 0.5) is 0 Å². The van der Waals surface area contributed by atoms with E-state index in [-0.39, 0.29) is 18.0 Å². The van der Waals surface area contributed by atoms with Crippen LogP contribution in [0.1, 0.15) is 17.3 Å². The maximum Gasteiger partial charge on any atom is 0.256 e. The molecule has 1 N–H and O–H groups in total. The first-order chi connectivity index (χ1) is 13.2. The minimum Gasteiger partial charge on any atom is -0.477 e. The fourth-order valence-corrected chi connectivity index (χ4v) is 2.56. The van der Waals surface area contributed by atoms with Crippen molar-refractivity contribution in [3.63, 3.8) is 0 Å². The molecule has 7 heteroatoms. The summed E-state index contributed by atoms with van der Waals surface area (Å²) in [6.07, 6.45) is 3.06. The van der Waals surface area contributed by atoms with Crippen LogP contribution >= 0.6 is 0 Å². The Kier molecular flexibility index (Phi) is 5.94. The van der Waals surface area contributed by atoms with Gasteiger partial charge in [-0.2, -0.15) is 0 Å². The number of ether oxygens (including phenoxy) is 1. The Morgan fingerprint density at radius 2 is 1.96 bits per heavy atom. The summed E-state index contributed by atoms with van der Waals surface area (Å²) in [5.74, 6) is -0.00277. The van der Waals surface area contributed by atoms with E-state index in [2.05, 4.69) is 15.3 Å². The maximum atomic E-state index is 12.3. The first-order valence-corrected chi connectivity index (χ1v) is 8.67. The van der Waals surface area contributed by atoms with Gasteiger partial charge in [-0.15, -0.1) is 0 Å². The number of nitrogens with one attached hydrogen (secondary N) is 1. The summed E-state index contributed by atoms with van der Waals surface area (Å²) in [7, 11) is 0. The van der Waals surface area contributed by atoms with Crippen LogP contribution in [0.25, 0.3) is 11.3 Å². The predicted molar refractivity (Wildman–Crippen MR) is 102 cm³/mol. The van der Waals surface area contributed by atoms with E-state index < -0.39 is 0 Å². The lowest BCUT2D eigenvalue weighted by Crippen LogP contribution is -2.31. The molecule has 0 saturated carbocycles. The Bertz CT molecular complexity index is 970. The normalized spacial score (nSPS) is 10.4. The number of hydrogen-bond acceptors (Lipinski definition) is 5. The molecule has 7 nitrogen and oxygen atoms in total. The lowest BCUT2D eigenvalue weighted by atomic mass is 10.1. The van der Waals surface area contributed by atoms with Crippen LogP contribution in [0.15, 0.2) is 65.8 Å². The number of hydrogen-bond donors (Lipinski definition) is 1. The minimum absolute atomic E-state index is 0.172. The van der Waals surface area contributed by atoms with E-state index in [0.29, 0.717) is 30.3 Å². The van der Waals surface area contributed by atoms with Gasteiger partial charge in [-0.1, -0.05) is 30.3 Å². The smallest absolute Gasteiger partial charge is 0.256 e. The molecule has 0 atom stereocenters. The van der Waals surface area contributed by atoms with Crippen molar-refractivity contribution in [1.82, 2.24) is 19.9 Å². The van der Waals surface area contributed by atoms with Crippen LogP contribution in [-0.4, -0.2) is 33.6 Å². The molecule has 0 bridgehead atoms. The molecule has 0 spiro atoms. The first kappa shape index (κ1) is 18.3. The first-order valence-electron chi connectivity index (χ1n) is 8.67. The molecule has 0 saturated heterocycles. The van der Waals surface area contributed by atoms with Crippen molar-refractivity contribution in [2.24, 2.45) is 0 Å². The van der Waals surface area contributed by atoms with Crippen LogP contribution < -0.4 is 15.6 Å².